The van der Waals surface area contributed by atoms with E-state index in [0.29, 0.717) is 0 Å². The van der Waals surface area contributed by atoms with Crippen molar-refractivity contribution in [2.75, 3.05) is 0 Å². The van der Waals surface area contributed by atoms with Gasteiger partial charge in [-0.15, -0.1) is 0 Å². The molecule has 0 amide bonds. The normalized spacial score (nSPS) is 12.0. The van der Waals surface area contributed by atoms with E-state index in [-0.39, 0.29) is 0 Å². The third-order valence-electron chi connectivity index (χ3n) is 11.5. The molecule has 12 aromatic rings. The highest BCUT2D eigenvalue weighted by atomic mass is 16.3. The maximum atomic E-state index is 6.32. The lowest BCUT2D eigenvalue weighted by atomic mass is 10.00. The first-order chi connectivity index (χ1) is 27.3. The molecule has 0 aliphatic heterocycles. The molecule has 3 heteroatoms. The van der Waals surface area contributed by atoms with Gasteiger partial charge >= 0.3 is 0 Å². The third kappa shape index (κ3) is 4.50. The van der Waals surface area contributed by atoms with E-state index in [2.05, 4.69) is 197 Å². The second-order valence-electron chi connectivity index (χ2n) is 14.5. The second-order valence-corrected chi connectivity index (χ2v) is 14.5. The van der Waals surface area contributed by atoms with Crippen molar-refractivity contribution >= 4 is 76.3 Å². The Morgan fingerprint density at radius 1 is 0.309 bits per heavy atom. The molecule has 3 aromatic heterocycles. The number of rotatable bonds is 4. The van der Waals surface area contributed by atoms with Gasteiger partial charge in [0.15, 0.2) is 0 Å². The molecule has 0 aliphatic rings. The minimum atomic E-state index is 0.897. The molecule has 0 radical (unpaired) electrons. The predicted octanol–water partition coefficient (Wildman–Crippen LogP) is 14.3. The fourth-order valence-electron chi connectivity index (χ4n) is 8.95. The zero-order chi connectivity index (χ0) is 36.0. The van der Waals surface area contributed by atoms with Crippen LogP contribution in [0.2, 0.25) is 0 Å². The first-order valence-electron chi connectivity index (χ1n) is 18.8. The number of aromatic nitrogens is 2. The largest absolute Gasteiger partial charge is 0.456 e. The van der Waals surface area contributed by atoms with Gasteiger partial charge in [0.1, 0.15) is 11.2 Å². The van der Waals surface area contributed by atoms with Crippen molar-refractivity contribution in [1.29, 1.82) is 0 Å². The van der Waals surface area contributed by atoms with Crippen LogP contribution >= 0.6 is 0 Å². The van der Waals surface area contributed by atoms with Crippen LogP contribution < -0.4 is 0 Å². The monoisotopic (exact) mass is 700 g/mol. The van der Waals surface area contributed by atoms with Crippen molar-refractivity contribution in [3.63, 3.8) is 0 Å². The number of hydrogen-bond donors (Lipinski definition) is 0. The second kappa shape index (κ2) is 11.6. The Balaban J connectivity index is 1.06. The molecule has 0 saturated heterocycles. The number of fused-ring (bicyclic) bond motifs is 10. The molecule has 12 rings (SSSR count). The number of benzene rings is 9. The van der Waals surface area contributed by atoms with E-state index in [1.165, 1.54) is 76.6 Å². The summed E-state index contributed by atoms with van der Waals surface area (Å²) >= 11 is 0. The Kier molecular flexibility index (Phi) is 6.34. The minimum Gasteiger partial charge on any atom is -0.456 e. The van der Waals surface area contributed by atoms with Gasteiger partial charge in [0, 0.05) is 32.6 Å². The van der Waals surface area contributed by atoms with E-state index >= 15 is 0 Å². The topological polar surface area (TPSA) is 23.0 Å². The van der Waals surface area contributed by atoms with Gasteiger partial charge in [-0.25, -0.2) is 0 Å². The number of nitrogens with zero attached hydrogens (tertiary/aromatic N) is 2. The molecule has 0 spiro atoms. The Morgan fingerprint density at radius 2 is 0.873 bits per heavy atom. The summed E-state index contributed by atoms with van der Waals surface area (Å²) in [6.45, 7) is 0. The van der Waals surface area contributed by atoms with Crippen molar-refractivity contribution < 1.29 is 4.42 Å². The Morgan fingerprint density at radius 3 is 1.67 bits per heavy atom. The Hall–Kier alpha value is -7.36. The Labute approximate surface area is 316 Å². The maximum Gasteiger partial charge on any atom is 0.137 e. The summed E-state index contributed by atoms with van der Waals surface area (Å²) in [7, 11) is 0. The summed E-state index contributed by atoms with van der Waals surface area (Å²) in [5.74, 6) is 0. The smallest absolute Gasteiger partial charge is 0.137 e. The molecule has 3 nitrogen and oxygen atoms in total. The van der Waals surface area contributed by atoms with Crippen LogP contribution in [0.1, 0.15) is 0 Å². The molecule has 0 aliphatic carbocycles. The van der Waals surface area contributed by atoms with E-state index in [9.17, 15) is 0 Å². The van der Waals surface area contributed by atoms with E-state index < -0.39 is 0 Å². The fourth-order valence-corrected chi connectivity index (χ4v) is 8.95. The van der Waals surface area contributed by atoms with Crippen molar-refractivity contribution in [3.05, 3.63) is 194 Å². The van der Waals surface area contributed by atoms with Gasteiger partial charge in [0.25, 0.3) is 0 Å². The van der Waals surface area contributed by atoms with Gasteiger partial charge in [-0.3, -0.25) is 0 Å². The highest BCUT2D eigenvalue weighted by Gasteiger charge is 2.19. The molecule has 0 bridgehead atoms. The van der Waals surface area contributed by atoms with Crippen LogP contribution in [0, 0.1) is 0 Å². The lowest BCUT2D eigenvalue weighted by molar-refractivity contribution is 0.669. The highest BCUT2D eigenvalue weighted by Crippen LogP contribution is 2.41. The zero-order valence-electron chi connectivity index (χ0n) is 29.8. The summed E-state index contributed by atoms with van der Waals surface area (Å²) < 4.78 is 11.1. The van der Waals surface area contributed by atoms with Crippen LogP contribution in [-0.4, -0.2) is 9.13 Å². The zero-order valence-corrected chi connectivity index (χ0v) is 29.8. The van der Waals surface area contributed by atoms with Crippen LogP contribution in [0.3, 0.4) is 0 Å². The van der Waals surface area contributed by atoms with E-state index in [4.69, 9.17) is 4.42 Å². The van der Waals surface area contributed by atoms with Gasteiger partial charge in [0.2, 0.25) is 0 Å². The van der Waals surface area contributed by atoms with Crippen LogP contribution in [0.15, 0.2) is 199 Å². The fraction of sp³-hybridized carbons (Fsp3) is 0. The average molecular weight is 701 g/mol. The van der Waals surface area contributed by atoms with Crippen molar-refractivity contribution in [2.24, 2.45) is 0 Å². The summed E-state index contributed by atoms with van der Waals surface area (Å²) in [6, 6.07) is 70.3. The summed E-state index contributed by atoms with van der Waals surface area (Å²) in [4.78, 5) is 0. The molecule has 0 atom stereocenters. The molecule has 0 unspecified atom stereocenters. The predicted molar refractivity (Wildman–Crippen MR) is 231 cm³/mol. The SMILES string of the molecule is c1ccc(-c2ccc(-n3c4ccc(-c5ccc6c(c5)c5ccccc5n6-c5cccc6oc7ccccc7c56)cc4c4cc5ccccc5cc43)cc2)cc1. The minimum absolute atomic E-state index is 0.897. The standard InChI is InChI=1S/C52H32N2O/c1-2-11-33(12-3-1)34-21-25-39(26-22-34)53-46-27-23-38(31-43(46)44-29-35-13-4-5-14-36(35)32-49(44)53)37-24-28-47-42(30-37)40-15-6-8-17-45(40)54(47)48-18-10-20-51-52(48)41-16-7-9-19-50(41)55-51/h1-32H. The molecule has 0 N–H and O–H groups in total. The Bertz CT molecular complexity index is 3470. The quantitative estimate of drug-likeness (QED) is 0.179. The summed E-state index contributed by atoms with van der Waals surface area (Å²) in [5, 5.41) is 9.69. The van der Waals surface area contributed by atoms with Gasteiger partial charge < -0.3 is 13.6 Å². The van der Waals surface area contributed by atoms with Gasteiger partial charge in [-0.1, -0.05) is 121 Å². The van der Waals surface area contributed by atoms with E-state index in [1.807, 2.05) is 6.07 Å². The van der Waals surface area contributed by atoms with Crippen molar-refractivity contribution in [2.45, 2.75) is 0 Å². The molecule has 9 aromatic carbocycles. The van der Waals surface area contributed by atoms with Crippen molar-refractivity contribution in [1.82, 2.24) is 9.13 Å². The third-order valence-corrected chi connectivity index (χ3v) is 11.5. The molecular formula is C52H32N2O. The molecule has 0 fully saturated rings. The molecule has 3 heterocycles. The maximum absolute atomic E-state index is 6.32. The van der Waals surface area contributed by atoms with Crippen LogP contribution in [0.4, 0.5) is 0 Å². The number of furan rings is 1. The first kappa shape index (κ1) is 30.1. The molecule has 0 saturated carbocycles. The molecular weight excluding hydrogens is 669 g/mol. The van der Waals surface area contributed by atoms with Crippen LogP contribution in [0.25, 0.3) is 110 Å². The summed E-state index contributed by atoms with van der Waals surface area (Å²) in [6.07, 6.45) is 0. The lowest BCUT2D eigenvalue weighted by Crippen LogP contribution is -1.94. The number of hydrogen-bond acceptors (Lipinski definition) is 1. The van der Waals surface area contributed by atoms with Crippen LogP contribution in [-0.2, 0) is 0 Å². The van der Waals surface area contributed by atoms with Gasteiger partial charge in [0.05, 0.1) is 33.1 Å². The van der Waals surface area contributed by atoms with E-state index in [0.717, 1.165) is 33.3 Å². The molecule has 256 valence electrons. The molecule has 55 heavy (non-hydrogen) atoms. The average Bonchev–Trinajstić information content (AvgIpc) is 3.90. The van der Waals surface area contributed by atoms with Gasteiger partial charge in [-0.05, 0) is 106 Å². The van der Waals surface area contributed by atoms with Crippen molar-refractivity contribution in [3.8, 4) is 33.6 Å². The van der Waals surface area contributed by atoms with Gasteiger partial charge in [-0.2, -0.15) is 0 Å². The highest BCUT2D eigenvalue weighted by molar-refractivity contribution is 6.17. The van der Waals surface area contributed by atoms with Crippen LogP contribution in [0.5, 0.6) is 0 Å². The lowest BCUT2D eigenvalue weighted by Gasteiger charge is -2.11. The summed E-state index contributed by atoms with van der Waals surface area (Å²) in [5.41, 5.74) is 13.6. The number of para-hydroxylation sites is 2. The first-order valence-corrected chi connectivity index (χ1v) is 18.8. The van der Waals surface area contributed by atoms with E-state index in [1.54, 1.807) is 0 Å².